The maximum absolute atomic E-state index is 12.5. The number of rotatable bonds is 15. The van der Waals surface area contributed by atoms with Crippen molar-refractivity contribution in [3.8, 4) is 11.8 Å². The van der Waals surface area contributed by atoms with Crippen molar-refractivity contribution in [1.29, 1.82) is 0 Å². The van der Waals surface area contributed by atoms with Crippen LogP contribution in [0.4, 0.5) is 0 Å². The molecule has 0 bridgehead atoms. The fourth-order valence-electron chi connectivity index (χ4n) is 3.12. The molecule has 234 valence electrons. The van der Waals surface area contributed by atoms with E-state index >= 15 is 0 Å². The number of aromatic amines is 1. The van der Waals surface area contributed by atoms with Gasteiger partial charge in [-0.1, -0.05) is 17.0 Å². The number of carbonyl (C=O) groups is 1. The van der Waals surface area contributed by atoms with Crippen molar-refractivity contribution in [3.05, 3.63) is 43.0 Å². The predicted molar refractivity (Wildman–Crippen MR) is 126 cm³/mol. The maximum Gasteiger partial charge on any atom is 0.330 e. The highest BCUT2D eigenvalue weighted by molar-refractivity contribution is 7.64. The first-order valence-electron chi connectivity index (χ1n) is 11.2. The molecule has 42 heavy (non-hydrogen) atoms. The summed E-state index contributed by atoms with van der Waals surface area (Å²) in [5, 5.41) is 5.56. The number of hydrogen-bond donors (Lipinski definition) is 2. The number of nitrogens with one attached hydrogen (secondary N) is 2. The van der Waals surface area contributed by atoms with Crippen LogP contribution in [0.15, 0.2) is 20.9 Å². The Morgan fingerprint density at radius 1 is 1.26 bits per heavy atom. The van der Waals surface area contributed by atoms with Gasteiger partial charge in [0.15, 0.2) is 0 Å². The Kier molecular flexibility index (Phi) is 13.3. The molecule has 2 heterocycles. The molecule has 2 rings (SSSR count). The van der Waals surface area contributed by atoms with E-state index in [0.29, 0.717) is 6.61 Å². The van der Waals surface area contributed by atoms with Gasteiger partial charge in [0, 0.05) is 24.1 Å². The normalized spacial score (nSPS) is 21.3. The van der Waals surface area contributed by atoms with Crippen LogP contribution in [0.5, 0.6) is 0 Å². The minimum Gasteiger partial charge on any atom is -0.790 e. The third-order valence-corrected chi connectivity index (χ3v) is 8.36. The molecule has 0 aromatic carbocycles. The molecule has 0 saturated carbocycles. The molecular formula is C17H21N6O16P3-4. The van der Waals surface area contributed by atoms with Crippen LogP contribution in [0, 0.1) is 11.8 Å². The van der Waals surface area contributed by atoms with Crippen molar-refractivity contribution >= 4 is 29.4 Å². The second-order valence-corrected chi connectivity index (χ2v) is 11.9. The van der Waals surface area contributed by atoms with Gasteiger partial charge in [-0.25, -0.2) is 9.11 Å². The molecule has 2 unspecified atom stereocenters. The summed E-state index contributed by atoms with van der Waals surface area (Å²) >= 11 is 0. The SMILES string of the molecule is CCOCC(=O)NCC#Cc1cn([C@H]2C[C@@H](OCN=[N+]=[N-])[C@@H](COP(=O)([O-])OP(=O)([O-])OP(=O)([O-])[O-])O2)c(=O)[nH]c1=O. The minimum atomic E-state index is -6.22. The highest BCUT2D eigenvalue weighted by atomic mass is 31.3. The van der Waals surface area contributed by atoms with Crippen LogP contribution in [-0.4, -0.2) is 60.8 Å². The Labute approximate surface area is 234 Å². The molecule has 5 atom stereocenters. The van der Waals surface area contributed by atoms with Crippen molar-refractivity contribution in [2.45, 2.75) is 31.8 Å². The molecule has 1 aliphatic heterocycles. The summed E-state index contributed by atoms with van der Waals surface area (Å²) in [4.78, 5) is 84.8. The fraction of sp³-hybridized carbons (Fsp3) is 0.588. The van der Waals surface area contributed by atoms with Crippen LogP contribution >= 0.6 is 23.5 Å². The summed E-state index contributed by atoms with van der Waals surface area (Å²) in [6.45, 7) is -0.00924. The van der Waals surface area contributed by atoms with Crippen LogP contribution in [0.25, 0.3) is 10.4 Å². The van der Waals surface area contributed by atoms with E-state index in [1.807, 2.05) is 4.98 Å². The Hall–Kier alpha value is -2.69. The van der Waals surface area contributed by atoms with E-state index in [-0.39, 0.29) is 25.1 Å². The van der Waals surface area contributed by atoms with Crippen LogP contribution in [0.1, 0.15) is 25.1 Å². The van der Waals surface area contributed by atoms with Crippen molar-refractivity contribution in [3.63, 3.8) is 0 Å². The van der Waals surface area contributed by atoms with E-state index in [4.69, 9.17) is 19.7 Å². The first kappa shape index (κ1) is 35.5. The molecule has 1 fully saturated rings. The van der Waals surface area contributed by atoms with Gasteiger partial charge in [0.1, 0.15) is 31.2 Å². The average Bonchev–Trinajstić information content (AvgIpc) is 3.25. The molecule has 0 spiro atoms. The van der Waals surface area contributed by atoms with Crippen molar-refractivity contribution in [2.24, 2.45) is 5.11 Å². The second kappa shape index (κ2) is 15.7. The number of phosphoric acid groups is 3. The van der Waals surface area contributed by atoms with Crippen LogP contribution in [0.2, 0.25) is 0 Å². The van der Waals surface area contributed by atoms with Crippen molar-refractivity contribution < 1.29 is 65.4 Å². The average molecular weight is 658 g/mol. The summed E-state index contributed by atoms with van der Waals surface area (Å²) in [6.07, 6.45) is -3.12. The summed E-state index contributed by atoms with van der Waals surface area (Å²) < 4.78 is 61.3. The zero-order chi connectivity index (χ0) is 31.6. The van der Waals surface area contributed by atoms with Gasteiger partial charge in [-0.15, -0.1) is 0 Å². The highest BCUT2D eigenvalue weighted by Gasteiger charge is 2.39. The van der Waals surface area contributed by atoms with Gasteiger partial charge in [-0.2, -0.15) is 0 Å². The van der Waals surface area contributed by atoms with E-state index in [9.17, 15) is 47.7 Å². The van der Waals surface area contributed by atoms with Gasteiger partial charge in [0.05, 0.1) is 27.1 Å². The highest BCUT2D eigenvalue weighted by Crippen LogP contribution is 2.60. The van der Waals surface area contributed by atoms with Crippen LogP contribution in [-0.2, 0) is 45.8 Å². The number of hydrogen-bond acceptors (Lipinski definition) is 17. The van der Waals surface area contributed by atoms with Gasteiger partial charge in [-0.05, 0) is 12.5 Å². The van der Waals surface area contributed by atoms with Gasteiger partial charge >= 0.3 is 5.69 Å². The van der Waals surface area contributed by atoms with Gasteiger partial charge in [-0.3, -0.25) is 32.6 Å². The molecular weight excluding hydrogens is 637 g/mol. The Morgan fingerprint density at radius 3 is 2.62 bits per heavy atom. The summed E-state index contributed by atoms with van der Waals surface area (Å²) in [5.41, 5.74) is 6.35. The van der Waals surface area contributed by atoms with E-state index in [2.05, 4.69) is 40.3 Å². The summed E-state index contributed by atoms with van der Waals surface area (Å²) in [7, 11) is -18.3. The first-order valence-corrected chi connectivity index (χ1v) is 15.6. The number of carbonyl (C=O) groups excluding carboxylic acids is 1. The Bertz CT molecular complexity index is 1490. The van der Waals surface area contributed by atoms with Crippen LogP contribution < -0.4 is 36.1 Å². The third kappa shape index (κ3) is 12.3. The number of aromatic nitrogens is 2. The summed E-state index contributed by atoms with van der Waals surface area (Å²) in [6, 6.07) is 0. The molecule has 0 radical (unpaired) electrons. The standard InChI is InChI=1S/C17H25N6O16P3/c1-2-34-9-14(24)19-5-3-4-11-7-23(17(26)21-16(11)25)15-6-12(35-10-20-22-18)13(37-15)8-36-41(30,31)39-42(32,33)38-40(27,28)29/h7,12-13,15H,2,5-6,8-10H2,1H3,(H,19,24)(H,30,31)(H,32,33)(H,21,25,26)(H2,27,28,29)/p-4/t12-,13-,15-/m1/s1. The lowest BCUT2D eigenvalue weighted by Crippen LogP contribution is -2.34. The predicted octanol–water partition coefficient (Wildman–Crippen LogP) is -3.20. The number of H-pyrrole nitrogens is 1. The second-order valence-electron chi connectivity index (χ2n) is 7.66. The van der Waals surface area contributed by atoms with E-state index in [1.165, 1.54) is 0 Å². The first-order chi connectivity index (χ1) is 19.6. The zero-order valence-electron chi connectivity index (χ0n) is 21.2. The van der Waals surface area contributed by atoms with E-state index < -0.39 is 72.4 Å². The lowest BCUT2D eigenvalue weighted by molar-refractivity contribution is -0.339. The number of phosphoric ester groups is 1. The molecule has 25 heteroatoms. The number of azide groups is 1. The largest absolute Gasteiger partial charge is 0.790 e. The summed E-state index contributed by atoms with van der Waals surface area (Å²) in [5.74, 6) is 4.51. The molecule has 0 aliphatic carbocycles. The smallest absolute Gasteiger partial charge is 0.330 e. The topological polar surface area (TPSA) is 332 Å². The molecule has 1 saturated heterocycles. The molecule has 2 N–H and O–H groups in total. The van der Waals surface area contributed by atoms with Gasteiger partial charge in [0.25, 0.3) is 21.2 Å². The van der Waals surface area contributed by atoms with Crippen molar-refractivity contribution in [2.75, 3.05) is 33.1 Å². The Balaban J connectivity index is 2.19. The Morgan fingerprint density at radius 2 is 1.98 bits per heavy atom. The van der Waals surface area contributed by atoms with Crippen molar-refractivity contribution in [1.82, 2.24) is 14.9 Å². The monoisotopic (exact) mass is 658 g/mol. The van der Waals surface area contributed by atoms with Crippen LogP contribution in [0.3, 0.4) is 0 Å². The van der Waals surface area contributed by atoms with E-state index in [1.54, 1.807) is 6.92 Å². The molecule has 22 nitrogen and oxygen atoms in total. The maximum atomic E-state index is 12.5. The number of ether oxygens (including phenoxy) is 3. The molecule has 1 aliphatic rings. The lowest BCUT2D eigenvalue weighted by atomic mass is 10.2. The molecule has 1 aromatic rings. The third-order valence-electron chi connectivity index (χ3n) is 4.70. The number of amides is 1. The zero-order valence-corrected chi connectivity index (χ0v) is 23.9. The van der Waals surface area contributed by atoms with Gasteiger partial charge < -0.3 is 48.2 Å². The fourth-order valence-corrected chi connectivity index (χ4v) is 5.98. The number of nitrogens with zero attached hydrogens (tertiary/aromatic N) is 4. The minimum absolute atomic E-state index is 0.168. The lowest BCUT2D eigenvalue weighted by Gasteiger charge is -2.37. The quantitative estimate of drug-likeness (QED) is 0.0616. The van der Waals surface area contributed by atoms with E-state index in [0.717, 1.165) is 10.8 Å². The van der Waals surface area contributed by atoms with Gasteiger partial charge in [0.2, 0.25) is 5.91 Å². The molecule has 1 amide bonds. The molecule has 1 aromatic heterocycles.